The van der Waals surface area contributed by atoms with Gasteiger partial charge in [0.05, 0.1) is 6.54 Å². The first-order chi connectivity index (χ1) is 8.65. The zero-order valence-corrected chi connectivity index (χ0v) is 12.0. The number of likely N-dealkylation sites (N-methyl/N-ethyl adjacent to an activating group) is 1. The lowest BCUT2D eigenvalue weighted by atomic mass is 9.82. The Kier molecular flexibility index (Phi) is 4.62. The third-order valence-electron chi connectivity index (χ3n) is 4.75. The summed E-state index contributed by atoms with van der Waals surface area (Å²) in [6, 6.07) is 1.88. The topological polar surface area (TPSA) is 35.6 Å². The Balaban J connectivity index is 1.98. The fourth-order valence-electron chi connectivity index (χ4n) is 3.43. The van der Waals surface area contributed by atoms with Crippen LogP contribution < -0.4 is 5.32 Å². The second-order valence-electron chi connectivity index (χ2n) is 5.78. The van der Waals surface area contributed by atoms with E-state index in [0.717, 1.165) is 6.54 Å². The summed E-state index contributed by atoms with van der Waals surface area (Å²) in [7, 11) is 3.96. The van der Waals surface area contributed by atoms with Gasteiger partial charge in [0.1, 0.15) is 0 Å². The zero-order chi connectivity index (χ0) is 13.1. The first-order valence-electron chi connectivity index (χ1n) is 7.32. The lowest BCUT2D eigenvalue weighted by Crippen LogP contribution is -2.58. The molecule has 18 heavy (non-hydrogen) atoms. The van der Waals surface area contributed by atoms with Crippen molar-refractivity contribution in [3.05, 3.63) is 0 Å². The smallest absolute Gasteiger partial charge is 0.236 e. The number of amides is 1. The van der Waals surface area contributed by atoms with Gasteiger partial charge in [-0.1, -0.05) is 6.42 Å². The molecule has 0 saturated carbocycles. The molecule has 0 aromatic carbocycles. The largest absolute Gasteiger partial charge is 0.345 e. The molecule has 2 atom stereocenters. The minimum absolute atomic E-state index is 0.275. The van der Waals surface area contributed by atoms with Crippen molar-refractivity contribution in [3.8, 4) is 0 Å². The van der Waals surface area contributed by atoms with Crippen molar-refractivity contribution in [2.24, 2.45) is 0 Å². The number of nitrogens with zero attached hydrogens (tertiary/aromatic N) is 2. The van der Waals surface area contributed by atoms with Crippen LogP contribution in [-0.2, 0) is 4.79 Å². The van der Waals surface area contributed by atoms with Crippen molar-refractivity contribution in [3.63, 3.8) is 0 Å². The molecule has 2 heterocycles. The molecule has 2 fully saturated rings. The Morgan fingerprint density at radius 1 is 1.33 bits per heavy atom. The molecule has 104 valence electrons. The van der Waals surface area contributed by atoms with Gasteiger partial charge in [0.25, 0.3) is 0 Å². The van der Waals surface area contributed by atoms with Gasteiger partial charge in [-0.2, -0.15) is 0 Å². The predicted molar refractivity (Wildman–Crippen MR) is 73.5 cm³/mol. The molecule has 2 bridgehead atoms. The minimum Gasteiger partial charge on any atom is -0.345 e. The van der Waals surface area contributed by atoms with Crippen molar-refractivity contribution in [2.75, 3.05) is 27.2 Å². The van der Waals surface area contributed by atoms with E-state index in [9.17, 15) is 4.79 Å². The summed E-state index contributed by atoms with van der Waals surface area (Å²) in [6.07, 6.45) is 6.27. The molecule has 0 aliphatic carbocycles. The SMILES string of the molecule is CCN(C)C(=O)CN1C2CCCC1CC(NC)C2. The summed E-state index contributed by atoms with van der Waals surface area (Å²) >= 11 is 0. The second kappa shape index (κ2) is 6.02. The average Bonchev–Trinajstić information content (AvgIpc) is 2.37. The highest BCUT2D eigenvalue weighted by Gasteiger charge is 2.38. The van der Waals surface area contributed by atoms with Crippen molar-refractivity contribution in [1.82, 2.24) is 15.1 Å². The van der Waals surface area contributed by atoms with Gasteiger partial charge in [-0.05, 0) is 39.7 Å². The van der Waals surface area contributed by atoms with Crippen molar-refractivity contribution < 1.29 is 4.79 Å². The van der Waals surface area contributed by atoms with Gasteiger partial charge in [-0.25, -0.2) is 0 Å². The number of fused-ring (bicyclic) bond motifs is 2. The highest BCUT2D eigenvalue weighted by atomic mass is 16.2. The Labute approximate surface area is 111 Å². The van der Waals surface area contributed by atoms with Gasteiger partial charge in [-0.15, -0.1) is 0 Å². The third kappa shape index (κ3) is 2.86. The second-order valence-corrected chi connectivity index (χ2v) is 5.78. The molecule has 0 radical (unpaired) electrons. The molecule has 0 aromatic rings. The number of carbonyl (C=O) groups is 1. The number of hydrogen-bond acceptors (Lipinski definition) is 3. The normalized spacial score (nSPS) is 32.3. The van der Waals surface area contributed by atoms with Gasteiger partial charge in [0, 0.05) is 31.7 Å². The average molecular weight is 253 g/mol. The van der Waals surface area contributed by atoms with Gasteiger partial charge in [-0.3, -0.25) is 9.69 Å². The van der Waals surface area contributed by atoms with Crippen molar-refractivity contribution in [2.45, 2.75) is 57.2 Å². The molecular formula is C14H27N3O. The number of rotatable bonds is 4. The summed E-state index contributed by atoms with van der Waals surface area (Å²) in [6.45, 7) is 3.46. The fourth-order valence-corrected chi connectivity index (χ4v) is 3.43. The van der Waals surface area contributed by atoms with Gasteiger partial charge in [0.15, 0.2) is 0 Å². The van der Waals surface area contributed by atoms with E-state index in [4.69, 9.17) is 0 Å². The molecule has 2 unspecified atom stereocenters. The Bertz CT molecular complexity index is 281. The molecule has 0 aromatic heterocycles. The van der Waals surface area contributed by atoms with E-state index in [-0.39, 0.29) is 5.91 Å². The summed E-state index contributed by atoms with van der Waals surface area (Å²) in [5.41, 5.74) is 0. The highest BCUT2D eigenvalue weighted by Crippen LogP contribution is 2.33. The fraction of sp³-hybridized carbons (Fsp3) is 0.929. The minimum atomic E-state index is 0.275. The molecule has 4 heteroatoms. The van der Waals surface area contributed by atoms with Gasteiger partial charge in [0.2, 0.25) is 5.91 Å². The summed E-state index contributed by atoms with van der Waals surface area (Å²) in [5, 5.41) is 3.42. The maximum absolute atomic E-state index is 12.1. The molecule has 0 spiro atoms. The molecule has 1 N–H and O–H groups in total. The lowest BCUT2D eigenvalue weighted by molar-refractivity contribution is -0.133. The molecule has 2 aliphatic rings. The third-order valence-corrected chi connectivity index (χ3v) is 4.75. The van der Waals surface area contributed by atoms with Crippen molar-refractivity contribution in [1.29, 1.82) is 0 Å². The van der Waals surface area contributed by atoms with Crippen LogP contribution in [0.25, 0.3) is 0 Å². The number of carbonyl (C=O) groups excluding carboxylic acids is 1. The Morgan fingerprint density at radius 3 is 2.44 bits per heavy atom. The summed E-state index contributed by atoms with van der Waals surface area (Å²) in [4.78, 5) is 16.4. The van der Waals surface area contributed by atoms with Crippen LogP contribution in [0.2, 0.25) is 0 Å². The van der Waals surface area contributed by atoms with Crippen LogP contribution in [0.5, 0.6) is 0 Å². The van der Waals surface area contributed by atoms with E-state index in [1.165, 1.54) is 32.1 Å². The highest BCUT2D eigenvalue weighted by molar-refractivity contribution is 5.78. The van der Waals surface area contributed by atoms with Crippen molar-refractivity contribution >= 4 is 5.91 Å². The van der Waals surface area contributed by atoms with E-state index in [1.807, 2.05) is 18.9 Å². The van der Waals surface area contributed by atoms with E-state index in [0.29, 0.717) is 24.7 Å². The quantitative estimate of drug-likeness (QED) is 0.814. The Morgan fingerprint density at radius 2 is 1.94 bits per heavy atom. The van der Waals surface area contributed by atoms with Crippen LogP contribution in [-0.4, -0.2) is 61.0 Å². The summed E-state index contributed by atoms with van der Waals surface area (Å²) < 4.78 is 0. The maximum atomic E-state index is 12.1. The van der Waals surface area contributed by atoms with Crippen LogP contribution in [0.4, 0.5) is 0 Å². The van der Waals surface area contributed by atoms with Crippen LogP contribution in [0.15, 0.2) is 0 Å². The molecule has 2 rings (SSSR count). The molecule has 1 amide bonds. The Hall–Kier alpha value is -0.610. The zero-order valence-electron chi connectivity index (χ0n) is 12.0. The van der Waals surface area contributed by atoms with E-state index in [2.05, 4.69) is 17.3 Å². The van der Waals surface area contributed by atoms with E-state index in [1.54, 1.807) is 0 Å². The first-order valence-corrected chi connectivity index (χ1v) is 7.32. The molecular weight excluding hydrogens is 226 g/mol. The van der Waals surface area contributed by atoms with E-state index < -0.39 is 0 Å². The van der Waals surface area contributed by atoms with Gasteiger partial charge < -0.3 is 10.2 Å². The van der Waals surface area contributed by atoms with Gasteiger partial charge >= 0.3 is 0 Å². The number of piperidine rings is 2. The van der Waals surface area contributed by atoms with Crippen LogP contribution in [0.1, 0.15) is 39.0 Å². The van der Waals surface area contributed by atoms with Crippen LogP contribution in [0.3, 0.4) is 0 Å². The first kappa shape index (κ1) is 13.8. The maximum Gasteiger partial charge on any atom is 0.236 e. The summed E-state index contributed by atoms with van der Waals surface area (Å²) in [5.74, 6) is 0.275. The molecule has 2 aliphatic heterocycles. The monoisotopic (exact) mass is 253 g/mol. The lowest BCUT2D eigenvalue weighted by Gasteiger charge is -2.48. The standard InChI is InChI=1S/C14H27N3O/c1-4-16(3)14(18)10-17-12-6-5-7-13(17)9-11(8-12)15-2/h11-13,15H,4-10H2,1-3H3. The number of nitrogens with one attached hydrogen (secondary N) is 1. The van der Waals surface area contributed by atoms with Crippen LogP contribution in [0, 0.1) is 0 Å². The number of hydrogen-bond donors (Lipinski definition) is 1. The molecule has 2 saturated heterocycles. The predicted octanol–water partition coefficient (Wildman–Crippen LogP) is 1.07. The van der Waals surface area contributed by atoms with Crippen LogP contribution >= 0.6 is 0 Å². The van der Waals surface area contributed by atoms with E-state index >= 15 is 0 Å². The molecule has 4 nitrogen and oxygen atoms in total.